The summed E-state index contributed by atoms with van der Waals surface area (Å²) in [6, 6.07) is -0.357. The number of nitrogens with zero attached hydrogens (tertiary/aromatic N) is 1. The number of carboxylic acids is 1. The number of aliphatic carboxylic acids is 1. The number of carboxylic acid groups (broad SMARTS) is 1. The molecular weight excluding hydrogens is 224 g/mol. The smallest absolute Gasteiger partial charge is 0.323 e. The van der Waals surface area contributed by atoms with Gasteiger partial charge >= 0.3 is 12.0 Å². The Morgan fingerprint density at radius 2 is 2.12 bits per heavy atom. The van der Waals surface area contributed by atoms with E-state index >= 15 is 0 Å². The van der Waals surface area contributed by atoms with Crippen molar-refractivity contribution in [3.05, 3.63) is 0 Å². The molecule has 1 unspecified atom stereocenters. The average molecular weight is 246 g/mol. The molecule has 2 N–H and O–H groups in total. The van der Waals surface area contributed by atoms with E-state index in [2.05, 4.69) is 5.32 Å². The van der Waals surface area contributed by atoms with Crippen molar-refractivity contribution in [2.45, 2.75) is 20.3 Å². The maximum atomic E-state index is 11.7. The Balaban J connectivity index is 4.16. The number of nitrogens with one attached hydrogen (secondary N) is 1. The van der Waals surface area contributed by atoms with E-state index in [9.17, 15) is 9.59 Å². The fraction of sp³-hybridized carbons (Fsp3) is 0.818. The number of rotatable bonds is 8. The highest BCUT2D eigenvalue weighted by atomic mass is 16.5. The van der Waals surface area contributed by atoms with Crippen molar-refractivity contribution in [1.29, 1.82) is 0 Å². The molecule has 0 aliphatic rings. The molecule has 17 heavy (non-hydrogen) atoms. The molecule has 0 aliphatic carbocycles. The van der Waals surface area contributed by atoms with Gasteiger partial charge in [-0.1, -0.05) is 20.3 Å². The third-order valence-corrected chi connectivity index (χ3v) is 2.48. The number of urea groups is 1. The summed E-state index contributed by atoms with van der Waals surface area (Å²) >= 11 is 0. The Labute approximate surface area is 102 Å². The molecule has 0 rings (SSSR count). The molecule has 6 heteroatoms. The fourth-order valence-electron chi connectivity index (χ4n) is 1.13. The first kappa shape index (κ1) is 15.7. The van der Waals surface area contributed by atoms with Gasteiger partial charge in [0, 0.05) is 20.2 Å². The number of amides is 2. The normalized spacial score (nSPS) is 11.9. The molecule has 2 amide bonds. The first-order valence-corrected chi connectivity index (χ1v) is 5.74. The van der Waals surface area contributed by atoms with E-state index in [4.69, 9.17) is 9.84 Å². The second-order valence-electron chi connectivity index (χ2n) is 4.01. The first-order chi connectivity index (χ1) is 8.01. The monoisotopic (exact) mass is 246 g/mol. The van der Waals surface area contributed by atoms with Crippen LogP contribution in [0.25, 0.3) is 0 Å². The predicted octanol–water partition coefficient (Wildman–Crippen LogP) is 0.775. The number of methoxy groups -OCH3 is 1. The summed E-state index contributed by atoms with van der Waals surface area (Å²) in [6.45, 7) is 4.90. The Hall–Kier alpha value is -1.30. The van der Waals surface area contributed by atoms with E-state index in [0.717, 1.165) is 6.42 Å². The summed E-state index contributed by atoms with van der Waals surface area (Å²) in [7, 11) is 1.51. The van der Waals surface area contributed by atoms with Crippen molar-refractivity contribution >= 4 is 12.0 Å². The quantitative estimate of drug-likeness (QED) is 0.663. The molecule has 0 spiro atoms. The zero-order valence-corrected chi connectivity index (χ0v) is 10.7. The summed E-state index contributed by atoms with van der Waals surface area (Å²) in [5, 5.41) is 11.4. The SMILES string of the molecule is CCC(C)CNC(=O)N(CCOC)CC(=O)O. The number of carbonyl (C=O) groups excluding carboxylic acids is 1. The molecule has 0 saturated heterocycles. The zero-order valence-electron chi connectivity index (χ0n) is 10.7. The summed E-state index contributed by atoms with van der Waals surface area (Å²) in [5.41, 5.74) is 0. The molecule has 0 radical (unpaired) electrons. The van der Waals surface area contributed by atoms with Crippen LogP contribution in [0.5, 0.6) is 0 Å². The van der Waals surface area contributed by atoms with Crippen LogP contribution < -0.4 is 5.32 Å². The lowest BCUT2D eigenvalue weighted by Gasteiger charge is -2.21. The standard InChI is InChI=1S/C11H22N2O4/c1-4-9(2)7-12-11(16)13(5-6-17-3)8-10(14)15/h9H,4-8H2,1-3H3,(H,12,16)(H,14,15). The van der Waals surface area contributed by atoms with Gasteiger partial charge in [0.15, 0.2) is 0 Å². The third kappa shape index (κ3) is 7.57. The van der Waals surface area contributed by atoms with E-state index in [-0.39, 0.29) is 19.1 Å². The third-order valence-electron chi connectivity index (χ3n) is 2.48. The van der Waals surface area contributed by atoms with Gasteiger partial charge in [-0.15, -0.1) is 0 Å². The van der Waals surface area contributed by atoms with Gasteiger partial charge in [-0.25, -0.2) is 4.79 Å². The number of ether oxygens (including phenoxy) is 1. The highest BCUT2D eigenvalue weighted by Crippen LogP contribution is 1.98. The fourth-order valence-corrected chi connectivity index (χ4v) is 1.13. The second-order valence-corrected chi connectivity index (χ2v) is 4.01. The highest BCUT2D eigenvalue weighted by molar-refractivity contribution is 5.80. The van der Waals surface area contributed by atoms with Gasteiger partial charge in [0.1, 0.15) is 6.54 Å². The minimum Gasteiger partial charge on any atom is -0.480 e. The van der Waals surface area contributed by atoms with Crippen molar-refractivity contribution in [3.8, 4) is 0 Å². The van der Waals surface area contributed by atoms with Crippen LogP contribution in [0.4, 0.5) is 4.79 Å². The van der Waals surface area contributed by atoms with Crippen molar-refractivity contribution < 1.29 is 19.4 Å². The van der Waals surface area contributed by atoms with Crippen LogP contribution >= 0.6 is 0 Å². The van der Waals surface area contributed by atoms with Gasteiger partial charge in [-0.2, -0.15) is 0 Å². The van der Waals surface area contributed by atoms with Crippen LogP contribution in [0.15, 0.2) is 0 Å². The molecule has 0 aliphatic heterocycles. The highest BCUT2D eigenvalue weighted by Gasteiger charge is 2.16. The van der Waals surface area contributed by atoms with Crippen molar-refractivity contribution in [2.75, 3.05) is 33.4 Å². The van der Waals surface area contributed by atoms with Crippen molar-refractivity contribution in [1.82, 2.24) is 10.2 Å². The first-order valence-electron chi connectivity index (χ1n) is 5.74. The Bertz CT molecular complexity index is 246. The second kappa shape index (κ2) is 8.81. The largest absolute Gasteiger partial charge is 0.480 e. The molecule has 0 aromatic heterocycles. The van der Waals surface area contributed by atoms with Crippen LogP contribution in [-0.2, 0) is 9.53 Å². The summed E-state index contributed by atoms with van der Waals surface area (Å²) in [6.07, 6.45) is 0.970. The molecule has 1 atom stereocenters. The van der Waals surface area contributed by atoms with Crippen molar-refractivity contribution in [2.24, 2.45) is 5.92 Å². The summed E-state index contributed by atoms with van der Waals surface area (Å²) in [5.74, 6) is -0.646. The van der Waals surface area contributed by atoms with E-state index in [1.54, 1.807) is 0 Å². The number of hydrogen-bond donors (Lipinski definition) is 2. The lowest BCUT2D eigenvalue weighted by molar-refractivity contribution is -0.137. The summed E-state index contributed by atoms with van der Waals surface area (Å²) in [4.78, 5) is 23.5. The van der Waals surface area contributed by atoms with Gasteiger partial charge in [0.2, 0.25) is 0 Å². The minimum atomic E-state index is -1.03. The minimum absolute atomic E-state index is 0.273. The molecule has 0 aromatic carbocycles. The Kier molecular flexibility index (Phi) is 8.13. The molecule has 6 nitrogen and oxygen atoms in total. The lowest BCUT2D eigenvalue weighted by atomic mass is 10.1. The maximum absolute atomic E-state index is 11.7. The molecule has 100 valence electrons. The molecule has 0 fully saturated rings. The van der Waals surface area contributed by atoms with Gasteiger partial charge in [-0.05, 0) is 5.92 Å². The van der Waals surface area contributed by atoms with E-state index < -0.39 is 5.97 Å². The van der Waals surface area contributed by atoms with Crippen LogP contribution in [-0.4, -0.2) is 55.4 Å². The summed E-state index contributed by atoms with van der Waals surface area (Å²) < 4.78 is 4.84. The van der Waals surface area contributed by atoms with Gasteiger partial charge in [0.05, 0.1) is 6.61 Å². The van der Waals surface area contributed by atoms with Gasteiger partial charge in [-0.3, -0.25) is 4.79 Å². The average Bonchev–Trinajstić information content (AvgIpc) is 2.30. The van der Waals surface area contributed by atoms with Crippen LogP contribution in [0.2, 0.25) is 0 Å². The number of hydrogen-bond acceptors (Lipinski definition) is 3. The van der Waals surface area contributed by atoms with Gasteiger partial charge < -0.3 is 20.1 Å². The molecular formula is C11H22N2O4. The van der Waals surface area contributed by atoms with E-state index in [1.807, 2.05) is 13.8 Å². The molecule has 0 aromatic rings. The molecule has 0 heterocycles. The topological polar surface area (TPSA) is 78.9 Å². The Morgan fingerprint density at radius 3 is 2.59 bits per heavy atom. The van der Waals surface area contributed by atoms with Crippen LogP contribution in [0.1, 0.15) is 20.3 Å². The zero-order chi connectivity index (χ0) is 13.3. The lowest BCUT2D eigenvalue weighted by Crippen LogP contribution is -2.45. The van der Waals surface area contributed by atoms with Crippen LogP contribution in [0, 0.1) is 5.92 Å². The van der Waals surface area contributed by atoms with Gasteiger partial charge in [0.25, 0.3) is 0 Å². The molecule has 0 bridgehead atoms. The Morgan fingerprint density at radius 1 is 1.47 bits per heavy atom. The van der Waals surface area contributed by atoms with E-state index in [0.29, 0.717) is 19.1 Å². The maximum Gasteiger partial charge on any atom is 0.323 e. The number of carbonyl (C=O) groups is 2. The predicted molar refractivity (Wildman–Crippen MR) is 63.9 cm³/mol. The van der Waals surface area contributed by atoms with Crippen LogP contribution in [0.3, 0.4) is 0 Å². The van der Waals surface area contributed by atoms with E-state index in [1.165, 1.54) is 12.0 Å². The molecule has 0 saturated carbocycles. The van der Waals surface area contributed by atoms with Crippen molar-refractivity contribution in [3.63, 3.8) is 0 Å².